The van der Waals surface area contributed by atoms with Crippen LogP contribution in [0.5, 0.6) is 5.75 Å². The molecule has 0 bridgehead atoms. The molecule has 0 fully saturated rings. The minimum Gasteiger partial charge on any atom is -0.497 e. The number of rotatable bonds is 5. The number of ether oxygens (including phenoxy) is 1. The van der Waals surface area contributed by atoms with Crippen LogP contribution in [-0.4, -0.2) is 24.1 Å². The molecule has 0 radical (unpaired) electrons. The monoisotopic (exact) mass is 251 g/mol. The second-order valence-electron chi connectivity index (χ2n) is 4.36. The van der Waals surface area contributed by atoms with Gasteiger partial charge in [0.2, 0.25) is 5.91 Å². The molecule has 0 atom stereocenters. The van der Waals surface area contributed by atoms with E-state index in [9.17, 15) is 9.59 Å². The Morgan fingerprint density at radius 3 is 2.56 bits per heavy atom. The molecule has 0 aliphatic heterocycles. The Kier molecular flexibility index (Phi) is 4.71. The lowest BCUT2D eigenvalue weighted by Gasteiger charge is -2.11. The summed E-state index contributed by atoms with van der Waals surface area (Å²) in [6, 6.07) is 4.52. The predicted molar refractivity (Wildman–Crippen MR) is 68.0 cm³/mol. The van der Waals surface area contributed by atoms with E-state index in [4.69, 9.17) is 9.84 Å². The maximum Gasteiger partial charge on any atom is 0.337 e. The van der Waals surface area contributed by atoms with Crippen molar-refractivity contribution in [2.75, 3.05) is 12.4 Å². The van der Waals surface area contributed by atoms with Crippen molar-refractivity contribution in [3.63, 3.8) is 0 Å². The molecule has 0 spiro atoms. The van der Waals surface area contributed by atoms with Crippen molar-refractivity contribution >= 4 is 17.6 Å². The molecule has 0 aliphatic carbocycles. The summed E-state index contributed by atoms with van der Waals surface area (Å²) in [5, 5.41) is 11.7. The zero-order valence-corrected chi connectivity index (χ0v) is 10.7. The molecule has 5 heteroatoms. The zero-order valence-electron chi connectivity index (χ0n) is 10.7. The molecule has 0 aliphatic rings. The van der Waals surface area contributed by atoms with Crippen LogP contribution in [0.3, 0.4) is 0 Å². The fraction of sp³-hybridized carbons (Fsp3) is 0.385. The largest absolute Gasteiger partial charge is 0.497 e. The van der Waals surface area contributed by atoms with Gasteiger partial charge in [-0.25, -0.2) is 4.79 Å². The van der Waals surface area contributed by atoms with Crippen molar-refractivity contribution in [1.82, 2.24) is 0 Å². The summed E-state index contributed by atoms with van der Waals surface area (Å²) in [7, 11) is 1.46. The van der Waals surface area contributed by atoms with Crippen LogP contribution < -0.4 is 10.1 Å². The number of aromatic carboxylic acids is 1. The third-order valence-electron chi connectivity index (χ3n) is 2.32. The number of carboxylic acid groups (broad SMARTS) is 1. The molecule has 98 valence electrons. The average molecular weight is 251 g/mol. The molecule has 1 amide bonds. The van der Waals surface area contributed by atoms with Gasteiger partial charge in [-0.15, -0.1) is 0 Å². The SMILES string of the molecule is COc1ccc(NC(=O)CC(C)C)c(C(=O)O)c1. The number of anilines is 1. The standard InChI is InChI=1S/C13H17NO4/c1-8(2)6-12(15)14-11-5-4-9(18-3)7-10(11)13(16)17/h4-5,7-8H,6H2,1-3H3,(H,14,15)(H,16,17). The third-order valence-corrected chi connectivity index (χ3v) is 2.32. The molecule has 5 nitrogen and oxygen atoms in total. The van der Waals surface area contributed by atoms with Crippen LogP contribution in [0, 0.1) is 5.92 Å². The van der Waals surface area contributed by atoms with Crippen molar-refractivity contribution in [2.24, 2.45) is 5.92 Å². The van der Waals surface area contributed by atoms with E-state index in [1.807, 2.05) is 13.8 Å². The molecule has 2 N–H and O–H groups in total. The summed E-state index contributed by atoms with van der Waals surface area (Å²) >= 11 is 0. The van der Waals surface area contributed by atoms with Crippen LogP contribution in [0.25, 0.3) is 0 Å². The second-order valence-corrected chi connectivity index (χ2v) is 4.36. The fourth-order valence-electron chi connectivity index (χ4n) is 1.51. The molecule has 1 aromatic rings. The van der Waals surface area contributed by atoms with Gasteiger partial charge in [-0.2, -0.15) is 0 Å². The normalized spacial score (nSPS) is 10.2. The van der Waals surface area contributed by atoms with Crippen LogP contribution >= 0.6 is 0 Å². The lowest BCUT2D eigenvalue weighted by Crippen LogP contribution is -2.16. The first-order chi connectivity index (χ1) is 8.43. The highest BCUT2D eigenvalue weighted by Crippen LogP contribution is 2.22. The van der Waals surface area contributed by atoms with Gasteiger partial charge in [0, 0.05) is 6.42 Å². The minimum absolute atomic E-state index is 0.0199. The second kappa shape index (κ2) is 6.05. The molecular formula is C13H17NO4. The minimum atomic E-state index is -1.10. The lowest BCUT2D eigenvalue weighted by molar-refractivity contribution is -0.116. The summed E-state index contributed by atoms with van der Waals surface area (Å²) < 4.78 is 4.95. The van der Waals surface area contributed by atoms with Gasteiger partial charge in [-0.3, -0.25) is 4.79 Å². The van der Waals surface area contributed by atoms with Gasteiger partial charge in [0.25, 0.3) is 0 Å². The van der Waals surface area contributed by atoms with Gasteiger partial charge in [0.15, 0.2) is 0 Å². The van der Waals surface area contributed by atoms with Crippen LogP contribution in [0.15, 0.2) is 18.2 Å². The van der Waals surface area contributed by atoms with Gasteiger partial charge in [-0.1, -0.05) is 13.8 Å². The van der Waals surface area contributed by atoms with E-state index < -0.39 is 5.97 Å². The van der Waals surface area contributed by atoms with Crippen molar-refractivity contribution in [3.05, 3.63) is 23.8 Å². The highest BCUT2D eigenvalue weighted by Gasteiger charge is 2.14. The van der Waals surface area contributed by atoms with E-state index in [-0.39, 0.29) is 23.1 Å². The number of nitrogens with one attached hydrogen (secondary N) is 1. The number of amides is 1. The Labute approximate surface area is 106 Å². The molecule has 1 rings (SSSR count). The Morgan fingerprint density at radius 1 is 1.39 bits per heavy atom. The van der Waals surface area contributed by atoms with Crippen molar-refractivity contribution in [3.8, 4) is 5.75 Å². The first-order valence-corrected chi connectivity index (χ1v) is 5.65. The Balaban J connectivity index is 2.94. The smallest absolute Gasteiger partial charge is 0.337 e. The molecule has 1 aromatic carbocycles. The summed E-state index contributed by atoms with van der Waals surface area (Å²) in [4.78, 5) is 22.7. The van der Waals surface area contributed by atoms with E-state index in [0.717, 1.165) is 0 Å². The molecule has 0 heterocycles. The molecule has 0 saturated heterocycles. The van der Waals surface area contributed by atoms with E-state index in [1.54, 1.807) is 6.07 Å². The highest BCUT2D eigenvalue weighted by molar-refractivity contribution is 6.00. The fourth-order valence-corrected chi connectivity index (χ4v) is 1.51. The number of carbonyl (C=O) groups is 2. The van der Waals surface area contributed by atoms with E-state index in [0.29, 0.717) is 12.2 Å². The number of hydrogen-bond acceptors (Lipinski definition) is 3. The van der Waals surface area contributed by atoms with Gasteiger partial charge in [0.05, 0.1) is 18.4 Å². The zero-order chi connectivity index (χ0) is 13.7. The highest BCUT2D eigenvalue weighted by atomic mass is 16.5. The average Bonchev–Trinajstić information content (AvgIpc) is 2.28. The number of carboxylic acids is 1. The van der Waals surface area contributed by atoms with Crippen LogP contribution in [0.2, 0.25) is 0 Å². The summed E-state index contributed by atoms with van der Waals surface area (Å²) in [6.45, 7) is 3.84. The number of hydrogen-bond donors (Lipinski definition) is 2. The molecule has 0 unspecified atom stereocenters. The Hall–Kier alpha value is -2.04. The number of benzene rings is 1. The Morgan fingerprint density at radius 2 is 2.06 bits per heavy atom. The first kappa shape index (κ1) is 14.0. The number of carbonyl (C=O) groups excluding carboxylic acids is 1. The maximum absolute atomic E-state index is 11.6. The van der Waals surface area contributed by atoms with Crippen molar-refractivity contribution in [2.45, 2.75) is 20.3 Å². The summed E-state index contributed by atoms with van der Waals surface area (Å²) in [5.41, 5.74) is 0.306. The van der Waals surface area contributed by atoms with Crippen molar-refractivity contribution < 1.29 is 19.4 Å². The summed E-state index contributed by atoms with van der Waals surface area (Å²) in [5.74, 6) is -0.641. The van der Waals surface area contributed by atoms with Crippen LogP contribution in [-0.2, 0) is 4.79 Å². The summed E-state index contributed by atoms with van der Waals surface area (Å²) in [6.07, 6.45) is 0.352. The molecular weight excluding hydrogens is 234 g/mol. The first-order valence-electron chi connectivity index (χ1n) is 5.65. The van der Waals surface area contributed by atoms with Crippen molar-refractivity contribution in [1.29, 1.82) is 0 Å². The van der Waals surface area contributed by atoms with Crippen LogP contribution in [0.4, 0.5) is 5.69 Å². The quantitative estimate of drug-likeness (QED) is 0.842. The van der Waals surface area contributed by atoms with Crippen LogP contribution in [0.1, 0.15) is 30.6 Å². The van der Waals surface area contributed by atoms with Gasteiger partial charge in [0.1, 0.15) is 5.75 Å². The third kappa shape index (κ3) is 3.76. The van der Waals surface area contributed by atoms with Gasteiger partial charge >= 0.3 is 5.97 Å². The maximum atomic E-state index is 11.6. The topological polar surface area (TPSA) is 75.6 Å². The lowest BCUT2D eigenvalue weighted by atomic mass is 10.1. The Bertz CT molecular complexity index is 454. The molecule has 0 aromatic heterocycles. The molecule has 18 heavy (non-hydrogen) atoms. The van der Waals surface area contributed by atoms with E-state index >= 15 is 0 Å². The van der Waals surface area contributed by atoms with E-state index in [2.05, 4.69) is 5.32 Å². The van der Waals surface area contributed by atoms with E-state index in [1.165, 1.54) is 19.2 Å². The molecule has 0 saturated carbocycles. The van der Waals surface area contributed by atoms with Gasteiger partial charge in [-0.05, 0) is 24.1 Å². The predicted octanol–water partition coefficient (Wildman–Crippen LogP) is 2.38. The number of methoxy groups -OCH3 is 1. The van der Waals surface area contributed by atoms with Gasteiger partial charge < -0.3 is 15.2 Å².